The summed E-state index contributed by atoms with van der Waals surface area (Å²) in [5.41, 5.74) is 7.51. The van der Waals surface area contributed by atoms with E-state index in [0.717, 1.165) is 11.4 Å². The van der Waals surface area contributed by atoms with Crippen molar-refractivity contribution in [3.63, 3.8) is 0 Å². The fraction of sp³-hybridized carbons (Fsp3) is 0.455. The van der Waals surface area contributed by atoms with E-state index in [4.69, 9.17) is 10.5 Å². The summed E-state index contributed by atoms with van der Waals surface area (Å²) in [5.74, 6) is 0.745. The molecule has 1 fully saturated rings. The van der Waals surface area contributed by atoms with Gasteiger partial charge >= 0.3 is 0 Å². The Hall–Kier alpha value is -1.38. The van der Waals surface area contributed by atoms with Crippen molar-refractivity contribution in [3.8, 4) is 5.75 Å². The van der Waals surface area contributed by atoms with Gasteiger partial charge in [-0.15, -0.1) is 0 Å². The molecule has 3 nitrogen and oxygen atoms in total. The van der Waals surface area contributed by atoms with Gasteiger partial charge < -0.3 is 15.8 Å². The van der Waals surface area contributed by atoms with E-state index >= 15 is 0 Å². The second kappa shape index (κ2) is 3.78. The summed E-state index contributed by atoms with van der Waals surface area (Å²) in [6.45, 7) is 0. The summed E-state index contributed by atoms with van der Waals surface area (Å²) in [7, 11) is 1.64. The summed E-state index contributed by atoms with van der Waals surface area (Å²) >= 11 is 0. The molecule has 0 atom stereocenters. The number of methoxy groups -OCH3 is 1. The summed E-state index contributed by atoms with van der Waals surface area (Å²) in [5, 5.41) is 3.44. The van der Waals surface area contributed by atoms with Crippen molar-refractivity contribution in [2.45, 2.75) is 25.3 Å². The van der Waals surface area contributed by atoms with Gasteiger partial charge in [0.15, 0.2) is 0 Å². The Bertz CT molecular complexity index is 321. The Kier molecular flexibility index (Phi) is 2.48. The number of nitrogens with one attached hydrogen (secondary N) is 1. The molecule has 3 heteroatoms. The minimum absolute atomic E-state index is 0.642. The summed E-state index contributed by atoms with van der Waals surface area (Å²) in [6.07, 6.45) is 3.88. The molecular formula is C11H16N2O. The fourth-order valence-corrected chi connectivity index (χ4v) is 1.59. The number of nitrogen functional groups attached to an aromatic ring is 1. The Labute approximate surface area is 84.3 Å². The van der Waals surface area contributed by atoms with Crippen molar-refractivity contribution in [1.82, 2.24) is 0 Å². The van der Waals surface area contributed by atoms with Crippen LogP contribution in [0.25, 0.3) is 0 Å². The predicted octanol–water partition coefficient (Wildman–Crippen LogP) is 2.24. The van der Waals surface area contributed by atoms with Crippen LogP contribution in [-0.2, 0) is 0 Å². The minimum atomic E-state index is 0.642. The van der Waals surface area contributed by atoms with Gasteiger partial charge in [-0.05, 0) is 31.4 Å². The number of hydrogen-bond acceptors (Lipinski definition) is 3. The van der Waals surface area contributed by atoms with Crippen LogP contribution in [0.1, 0.15) is 19.3 Å². The molecule has 1 aromatic rings. The molecule has 1 aromatic carbocycles. The van der Waals surface area contributed by atoms with Crippen molar-refractivity contribution in [2.75, 3.05) is 18.2 Å². The molecule has 1 aliphatic rings. The minimum Gasteiger partial charge on any atom is -0.495 e. The number of anilines is 2. The second-order valence-corrected chi connectivity index (χ2v) is 3.73. The molecule has 3 N–H and O–H groups in total. The highest BCUT2D eigenvalue weighted by molar-refractivity contribution is 5.61. The Morgan fingerprint density at radius 1 is 1.43 bits per heavy atom. The van der Waals surface area contributed by atoms with E-state index in [1.54, 1.807) is 7.11 Å². The standard InChI is InChI=1S/C11H16N2O/c1-14-11-7-9(5-6-10(11)12)13-8-3-2-4-8/h5-8,13H,2-4,12H2,1H3. The zero-order chi connectivity index (χ0) is 9.97. The first-order valence-electron chi connectivity index (χ1n) is 4.99. The maximum atomic E-state index is 5.72. The maximum Gasteiger partial charge on any atom is 0.143 e. The predicted molar refractivity (Wildman–Crippen MR) is 58.7 cm³/mol. The lowest BCUT2D eigenvalue weighted by atomic mass is 9.93. The average molecular weight is 192 g/mol. The number of rotatable bonds is 3. The van der Waals surface area contributed by atoms with E-state index in [9.17, 15) is 0 Å². The molecule has 0 saturated heterocycles. The van der Waals surface area contributed by atoms with Crippen molar-refractivity contribution in [2.24, 2.45) is 0 Å². The highest BCUT2D eigenvalue weighted by atomic mass is 16.5. The van der Waals surface area contributed by atoms with Crippen molar-refractivity contribution >= 4 is 11.4 Å². The summed E-state index contributed by atoms with van der Waals surface area (Å²) in [4.78, 5) is 0. The molecule has 1 aliphatic carbocycles. The second-order valence-electron chi connectivity index (χ2n) is 3.73. The SMILES string of the molecule is COc1cc(NC2CCC2)ccc1N. The fourth-order valence-electron chi connectivity index (χ4n) is 1.59. The lowest BCUT2D eigenvalue weighted by Gasteiger charge is -2.27. The van der Waals surface area contributed by atoms with Gasteiger partial charge in [-0.25, -0.2) is 0 Å². The van der Waals surface area contributed by atoms with Crippen LogP contribution in [-0.4, -0.2) is 13.2 Å². The van der Waals surface area contributed by atoms with E-state index < -0.39 is 0 Å². The van der Waals surface area contributed by atoms with E-state index in [1.165, 1.54) is 19.3 Å². The molecule has 2 rings (SSSR count). The Balaban J connectivity index is 2.09. The van der Waals surface area contributed by atoms with E-state index in [1.807, 2.05) is 18.2 Å². The van der Waals surface area contributed by atoms with Crippen LogP contribution in [0.4, 0.5) is 11.4 Å². The molecule has 14 heavy (non-hydrogen) atoms. The van der Waals surface area contributed by atoms with E-state index in [2.05, 4.69) is 5.32 Å². The van der Waals surface area contributed by atoms with Gasteiger partial charge in [0.1, 0.15) is 5.75 Å². The third kappa shape index (κ3) is 1.76. The third-order valence-corrected chi connectivity index (χ3v) is 2.71. The van der Waals surface area contributed by atoms with Crippen LogP contribution >= 0.6 is 0 Å². The van der Waals surface area contributed by atoms with Crippen molar-refractivity contribution in [3.05, 3.63) is 18.2 Å². The van der Waals surface area contributed by atoms with Crippen LogP contribution in [0.3, 0.4) is 0 Å². The monoisotopic (exact) mass is 192 g/mol. The van der Waals surface area contributed by atoms with Gasteiger partial charge in [-0.3, -0.25) is 0 Å². The topological polar surface area (TPSA) is 47.3 Å². The Morgan fingerprint density at radius 3 is 2.79 bits per heavy atom. The number of nitrogens with two attached hydrogens (primary N) is 1. The molecular weight excluding hydrogens is 176 g/mol. The summed E-state index contributed by atoms with van der Waals surface area (Å²) < 4.78 is 5.15. The smallest absolute Gasteiger partial charge is 0.143 e. The third-order valence-electron chi connectivity index (χ3n) is 2.71. The summed E-state index contributed by atoms with van der Waals surface area (Å²) in [6, 6.07) is 6.47. The average Bonchev–Trinajstić information content (AvgIpc) is 2.14. The van der Waals surface area contributed by atoms with Gasteiger partial charge in [0.2, 0.25) is 0 Å². The highest BCUT2D eigenvalue weighted by Gasteiger charge is 2.16. The zero-order valence-electron chi connectivity index (χ0n) is 8.42. The van der Waals surface area contributed by atoms with Gasteiger partial charge in [-0.1, -0.05) is 0 Å². The number of benzene rings is 1. The van der Waals surface area contributed by atoms with Gasteiger partial charge in [-0.2, -0.15) is 0 Å². The van der Waals surface area contributed by atoms with Crippen LogP contribution in [0.5, 0.6) is 5.75 Å². The van der Waals surface area contributed by atoms with E-state index in [-0.39, 0.29) is 0 Å². The quantitative estimate of drug-likeness (QED) is 0.722. The highest BCUT2D eigenvalue weighted by Crippen LogP contribution is 2.28. The largest absolute Gasteiger partial charge is 0.495 e. The molecule has 76 valence electrons. The lowest BCUT2D eigenvalue weighted by molar-refractivity contribution is 0.416. The van der Waals surface area contributed by atoms with Crippen LogP contribution in [0, 0.1) is 0 Å². The Morgan fingerprint density at radius 2 is 2.21 bits per heavy atom. The molecule has 0 radical (unpaired) electrons. The lowest BCUT2D eigenvalue weighted by Crippen LogP contribution is -2.26. The van der Waals surface area contributed by atoms with E-state index in [0.29, 0.717) is 11.7 Å². The van der Waals surface area contributed by atoms with Gasteiger partial charge in [0, 0.05) is 17.8 Å². The molecule has 0 spiro atoms. The maximum absolute atomic E-state index is 5.72. The first-order valence-corrected chi connectivity index (χ1v) is 4.99. The van der Waals surface area contributed by atoms with Crippen molar-refractivity contribution in [1.29, 1.82) is 0 Å². The molecule has 0 unspecified atom stereocenters. The molecule has 0 aliphatic heterocycles. The number of hydrogen-bond donors (Lipinski definition) is 2. The van der Waals surface area contributed by atoms with Crippen molar-refractivity contribution < 1.29 is 4.74 Å². The normalized spacial score (nSPS) is 16.1. The molecule has 0 amide bonds. The van der Waals surface area contributed by atoms with Crippen LogP contribution < -0.4 is 15.8 Å². The zero-order valence-corrected chi connectivity index (χ0v) is 8.42. The van der Waals surface area contributed by atoms with Gasteiger partial charge in [0.25, 0.3) is 0 Å². The van der Waals surface area contributed by atoms with Crippen LogP contribution in [0.15, 0.2) is 18.2 Å². The molecule has 1 saturated carbocycles. The molecule has 0 bridgehead atoms. The van der Waals surface area contributed by atoms with Gasteiger partial charge in [0.05, 0.1) is 12.8 Å². The van der Waals surface area contributed by atoms with Crippen LogP contribution in [0.2, 0.25) is 0 Å². The first kappa shape index (κ1) is 9.19. The number of ether oxygens (including phenoxy) is 1. The molecule has 0 heterocycles. The first-order chi connectivity index (χ1) is 6.79. The molecule has 0 aromatic heterocycles.